The molecule has 4 aromatic carbocycles. The van der Waals surface area contributed by atoms with Gasteiger partial charge in [0.25, 0.3) is 0 Å². The van der Waals surface area contributed by atoms with Crippen molar-refractivity contribution in [2.45, 2.75) is 59.0 Å². The highest BCUT2D eigenvalue weighted by atomic mass is 19.2. The van der Waals surface area contributed by atoms with Gasteiger partial charge in [-0.25, -0.2) is 13.2 Å². The van der Waals surface area contributed by atoms with Gasteiger partial charge in [0.05, 0.1) is 6.61 Å². The molecular weight excluding hydrogens is 497 g/mol. The van der Waals surface area contributed by atoms with Crippen molar-refractivity contribution in [2.24, 2.45) is 0 Å². The topological polar surface area (TPSA) is 18.5 Å². The van der Waals surface area contributed by atoms with Crippen LogP contribution in [0.2, 0.25) is 0 Å². The molecule has 0 aromatic heterocycles. The van der Waals surface area contributed by atoms with Crippen molar-refractivity contribution in [3.8, 4) is 33.8 Å². The maximum Gasteiger partial charge on any atom is 0.168 e. The van der Waals surface area contributed by atoms with E-state index in [1.54, 1.807) is 60.7 Å². The van der Waals surface area contributed by atoms with Crippen molar-refractivity contribution in [3.05, 3.63) is 107 Å². The van der Waals surface area contributed by atoms with E-state index in [1.807, 2.05) is 19.1 Å². The zero-order valence-corrected chi connectivity index (χ0v) is 22.6. The summed E-state index contributed by atoms with van der Waals surface area (Å²) in [4.78, 5) is 0. The fraction of sp³-hybridized carbons (Fsp3) is 0.294. The largest absolute Gasteiger partial charge is 0.491 e. The van der Waals surface area contributed by atoms with E-state index in [4.69, 9.17) is 9.47 Å². The van der Waals surface area contributed by atoms with Gasteiger partial charge in [-0.05, 0) is 42.2 Å². The van der Waals surface area contributed by atoms with E-state index >= 15 is 0 Å². The van der Waals surface area contributed by atoms with Gasteiger partial charge in [-0.3, -0.25) is 0 Å². The third kappa shape index (κ3) is 7.66. The molecular formula is C34H35F3O2. The van der Waals surface area contributed by atoms with Gasteiger partial charge >= 0.3 is 0 Å². The van der Waals surface area contributed by atoms with Crippen LogP contribution in [0, 0.1) is 24.4 Å². The average molecular weight is 533 g/mol. The van der Waals surface area contributed by atoms with Crippen molar-refractivity contribution < 1.29 is 22.6 Å². The molecule has 0 saturated carbocycles. The van der Waals surface area contributed by atoms with E-state index in [9.17, 15) is 13.2 Å². The Morgan fingerprint density at radius 1 is 0.615 bits per heavy atom. The summed E-state index contributed by atoms with van der Waals surface area (Å²) in [6, 6.07) is 22.1. The summed E-state index contributed by atoms with van der Waals surface area (Å²) in [5, 5.41) is 0. The predicted molar refractivity (Wildman–Crippen MR) is 152 cm³/mol. The Hall–Kier alpha value is -3.73. The molecule has 0 amide bonds. The lowest BCUT2D eigenvalue weighted by molar-refractivity contribution is 0.283. The number of ether oxygens (including phenoxy) is 2. The van der Waals surface area contributed by atoms with Gasteiger partial charge in [0.15, 0.2) is 23.2 Å². The summed E-state index contributed by atoms with van der Waals surface area (Å²) >= 11 is 0. The first-order valence-electron chi connectivity index (χ1n) is 13.7. The molecule has 2 nitrogen and oxygen atoms in total. The fourth-order valence-electron chi connectivity index (χ4n) is 4.43. The van der Waals surface area contributed by atoms with Crippen LogP contribution in [0.5, 0.6) is 11.5 Å². The SMILES string of the molecule is CCCCCCCCOc1ccc(OCc2ccc(-c3ccc(-c4ccc(C)cc4)c(F)c3F)cc2)cc1F. The minimum atomic E-state index is -0.883. The van der Waals surface area contributed by atoms with Gasteiger partial charge in [-0.1, -0.05) is 105 Å². The molecule has 204 valence electrons. The maximum absolute atomic E-state index is 15.0. The number of aryl methyl sites for hydroxylation is 1. The van der Waals surface area contributed by atoms with Crippen LogP contribution < -0.4 is 9.47 Å². The number of unbranched alkanes of at least 4 members (excludes halogenated alkanes) is 5. The molecule has 0 aliphatic carbocycles. The van der Waals surface area contributed by atoms with Crippen LogP contribution in [-0.4, -0.2) is 6.61 Å². The Morgan fingerprint density at radius 2 is 1.21 bits per heavy atom. The van der Waals surface area contributed by atoms with Gasteiger partial charge in [0, 0.05) is 17.2 Å². The second-order valence-corrected chi connectivity index (χ2v) is 9.85. The van der Waals surface area contributed by atoms with E-state index in [0.717, 1.165) is 24.0 Å². The standard InChI is InChI=1S/C34H35F3O2/c1-3-4-5-6-7-8-21-38-32-20-17-28(22-31(32)35)39-23-25-11-15-27(16-12-25)30-19-18-29(33(36)34(30)37)26-13-9-24(2)10-14-26/h9-20,22H,3-8,21,23H2,1-2H3. The number of rotatable bonds is 13. The molecule has 0 aliphatic rings. The van der Waals surface area contributed by atoms with Crippen molar-refractivity contribution in [1.82, 2.24) is 0 Å². The molecule has 0 heterocycles. The van der Waals surface area contributed by atoms with Crippen LogP contribution >= 0.6 is 0 Å². The molecule has 0 unspecified atom stereocenters. The van der Waals surface area contributed by atoms with Gasteiger partial charge in [0.1, 0.15) is 12.4 Å². The summed E-state index contributed by atoms with van der Waals surface area (Å²) in [5.41, 5.74) is 3.48. The fourth-order valence-corrected chi connectivity index (χ4v) is 4.43. The summed E-state index contributed by atoms with van der Waals surface area (Å²) in [6.45, 7) is 4.84. The molecule has 0 aliphatic heterocycles. The predicted octanol–water partition coefficient (Wildman–Crippen LogP) is 10.1. The second-order valence-electron chi connectivity index (χ2n) is 9.85. The highest BCUT2D eigenvalue weighted by Gasteiger charge is 2.16. The molecule has 0 N–H and O–H groups in total. The Morgan fingerprint density at radius 3 is 1.82 bits per heavy atom. The van der Waals surface area contributed by atoms with Crippen LogP contribution in [-0.2, 0) is 6.61 Å². The van der Waals surface area contributed by atoms with Gasteiger partial charge in [-0.2, -0.15) is 0 Å². The lowest BCUT2D eigenvalue weighted by atomic mass is 9.98. The monoisotopic (exact) mass is 532 g/mol. The van der Waals surface area contributed by atoms with Gasteiger partial charge in [-0.15, -0.1) is 0 Å². The minimum Gasteiger partial charge on any atom is -0.491 e. The Kier molecular flexibility index (Phi) is 10.1. The molecule has 5 heteroatoms. The van der Waals surface area contributed by atoms with Crippen LogP contribution in [0.25, 0.3) is 22.3 Å². The van der Waals surface area contributed by atoms with Crippen molar-refractivity contribution >= 4 is 0 Å². The summed E-state index contributed by atoms with van der Waals surface area (Å²) < 4.78 is 55.6. The zero-order chi connectivity index (χ0) is 27.6. The Labute approximate surface area is 229 Å². The summed E-state index contributed by atoms with van der Waals surface area (Å²) in [7, 11) is 0. The maximum atomic E-state index is 15.0. The van der Waals surface area contributed by atoms with Crippen LogP contribution in [0.3, 0.4) is 0 Å². The Balaban J connectivity index is 1.32. The summed E-state index contributed by atoms with van der Waals surface area (Å²) in [6.07, 6.45) is 6.87. The minimum absolute atomic E-state index is 0.189. The van der Waals surface area contributed by atoms with E-state index < -0.39 is 17.5 Å². The average Bonchev–Trinajstić information content (AvgIpc) is 2.95. The van der Waals surface area contributed by atoms with Gasteiger partial charge in [0.2, 0.25) is 0 Å². The first-order chi connectivity index (χ1) is 19.0. The van der Waals surface area contributed by atoms with Crippen molar-refractivity contribution in [3.63, 3.8) is 0 Å². The molecule has 4 aromatic rings. The van der Waals surface area contributed by atoms with E-state index in [-0.39, 0.29) is 23.5 Å². The van der Waals surface area contributed by atoms with Crippen molar-refractivity contribution in [2.75, 3.05) is 6.61 Å². The molecule has 0 saturated heterocycles. The molecule has 0 bridgehead atoms. The number of benzene rings is 4. The number of halogens is 3. The zero-order valence-electron chi connectivity index (χ0n) is 22.6. The summed E-state index contributed by atoms with van der Waals surface area (Å²) in [5.74, 6) is -1.59. The van der Waals surface area contributed by atoms with E-state index in [0.29, 0.717) is 23.5 Å². The molecule has 0 spiro atoms. The third-order valence-corrected chi connectivity index (χ3v) is 6.77. The molecule has 0 radical (unpaired) electrons. The lowest BCUT2D eigenvalue weighted by Crippen LogP contribution is -2.00. The van der Waals surface area contributed by atoms with E-state index in [1.165, 1.54) is 31.7 Å². The van der Waals surface area contributed by atoms with Crippen LogP contribution in [0.1, 0.15) is 56.6 Å². The van der Waals surface area contributed by atoms with Crippen LogP contribution in [0.15, 0.2) is 78.9 Å². The molecule has 39 heavy (non-hydrogen) atoms. The van der Waals surface area contributed by atoms with Crippen LogP contribution in [0.4, 0.5) is 13.2 Å². The first-order valence-corrected chi connectivity index (χ1v) is 13.7. The third-order valence-electron chi connectivity index (χ3n) is 6.77. The normalized spacial score (nSPS) is 11.0. The Bertz CT molecular complexity index is 1350. The highest BCUT2D eigenvalue weighted by Crippen LogP contribution is 2.32. The smallest absolute Gasteiger partial charge is 0.168 e. The van der Waals surface area contributed by atoms with Crippen molar-refractivity contribution in [1.29, 1.82) is 0 Å². The van der Waals surface area contributed by atoms with Gasteiger partial charge < -0.3 is 9.47 Å². The number of hydrogen-bond acceptors (Lipinski definition) is 2. The molecule has 0 fully saturated rings. The van der Waals surface area contributed by atoms with E-state index in [2.05, 4.69) is 6.92 Å². The molecule has 0 atom stereocenters. The first kappa shape index (κ1) is 28.3. The second kappa shape index (κ2) is 13.9. The lowest BCUT2D eigenvalue weighted by Gasteiger charge is -2.11. The quantitative estimate of drug-likeness (QED) is 0.160. The number of hydrogen-bond donors (Lipinski definition) is 0. The molecule has 4 rings (SSSR count). The highest BCUT2D eigenvalue weighted by molar-refractivity contribution is 5.72.